The molecule has 0 radical (unpaired) electrons. The van der Waals surface area contributed by atoms with Gasteiger partial charge in [-0.1, -0.05) is 53.7 Å². The molecule has 1 aromatic heterocycles. The van der Waals surface area contributed by atoms with E-state index < -0.39 is 0 Å². The average Bonchev–Trinajstić information content (AvgIpc) is 2.87. The fourth-order valence-electron chi connectivity index (χ4n) is 3.71. The maximum atomic E-state index is 12.4. The van der Waals surface area contributed by atoms with Gasteiger partial charge in [0, 0.05) is 50.1 Å². The van der Waals surface area contributed by atoms with Crippen LogP contribution in [-0.2, 0) is 11.3 Å². The Morgan fingerprint density at radius 2 is 1.73 bits per heavy atom. The number of thioether (sulfide) groups is 1. The Balaban J connectivity index is 1.33. The smallest absolute Gasteiger partial charge is 0.230 e. The first kappa shape index (κ1) is 23.2. The Bertz CT molecular complexity index is 1090. The number of para-hydroxylation sites is 2. The number of anilines is 2. The number of ether oxygens (including phenoxy) is 1. The highest BCUT2D eigenvalue weighted by Gasteiger charge is 2.23. The molecule has 0 bridgehead atoms. The van der Waals surface area contributed by atoms with Gasteiger partial charge in [-0.2, -0.15) is 0 Å². The number of nitrogens with zero attached hydrogens (tertiary/aromatic N) is 4. The van der Waals surface area contributed by atoms with Crippen LogP contribution in [0.25, 0.3) is 0 Å². The van der Waals surface area contributed by atoms with Crippen molar-refractivity contribution in [3.05, 3.63) is 71.5 Å². The standard InChI is InChI=1S/C24H26ClN5O2S/c1-32-21-9-5-4-8-20(21)29-12-14-30(15-13-29)23-24(27-11-10-26-23)33-17-22(31)28-16-18-6-2-3-7-19(18)25/h2-11H,12-17H2,1H3,(H,28,31). The molecule has 33 heavy (non-hydrogen) atoms. The zero-order chi connectivity index (χ0) is 23.0. The molecule has 4 rings (SSSR count). The third-order valence-electron chi connectivity index (χ3n) is 5.43. The molecule has 1 saturated heterocycles. The third-order valence-corrected chi connectivity index (χ3v) is 6.76. The highest BCUT2D eigenvalue weighted by molar-refractivity contribution is 8.00. The van der Waals surface area contributed by atoms with Gasteiger partial charge in [-0.15, -0.1) is 0 Å². The number of methoxy groups -OCH3 is 1. The molecule has 0 spiro atoms. The van der Waals surface area contributed by atoms with E-state index in [1.54, 1.807) is 19.5 Å². The quantitative estimate of drug-likeness (QED) is 0.487. The SMILES string of the molecule is COc1ccccc1N1CCN(c2nccnc2SCC(=O)NCc2ccccc2Cl)CC1. The van der Waals surface area contributed by atoms with E-state index in [1.807, 2.05) is 42.5 Å². The maximum absolute atomic E-state index is 12.4. The first-order valence-electron chi connectivity index (χ1n) is 10.7. The minimum Gasteiger partial charge on any atom is -0.495 e. The molecule has 7 nitrogen and oxygen atoms in total. The monoisotopic (exact) mass is 483 g/mol. The number of amides is 1. The number of aromatic nitrogens is 2. The lowest BCUT2D eigenvalue weighted by Crippen LogP contribution is -2.47. The summed E-state index contributed by atoms with van der Waals surface area (Å²) < 4.78 is 5.51. The van der Waals surface area contributed by atoms with Crippen molar-refractivity contribution in [2.45, 2.75) is 11.6 Å². The highest BCUT2D eigenvalue weighted by Crippen LogP contribution is 2.31. The van der Waals surface area contributed by atoms with E-state index in [9.17, 15) is 4.79 Å². The maximum Gasteiger partial charge on any atom is 0.230 e. The second kappa shape index (κ2) is 11.2. The second-order valence-corrected chi connectivity index (χ2v) is 8.86. The third kappa shape index (κ3) is 5.89. The molecule has 2 aromatic carbocycles. The van der Waals surface area contributed by atoms with Crippen LogP contribution in [0, 0.1) is 0 Å². The molecule has 1 aliphatic heterocycles. The van der Waals surface area contributed by atoms with E-state index in [1.165, 1.54) is 11.8 Å². The molecule has 0 aliphatic carbocycles. The van der Waals surface area contributed by atoms with Gasteiger partial charge in [0.1, 0.15) is 10.8 Å². The Labute approximate surface area is 203 Å². The summed E-state index contributed by atoms with van der Waals surface area (Å²) in [6.45, 7) is 3.71. The van der Waals surface area contributed by atoms with Crippen LogP contribution in [0.1, 0.15) is 5.56 Å². The molecule has 0 saturated carbocycles. The number of piperazine rings is 1. The van der Waals surface area contributed by atoms with Gasteiger partial charge in [0.2, 0.25) is 5.91 Å². The number of rotatable bonds is 8. The lowest BCUT2D eigenvalue weighted by molar-refractivity contribution is -0.118. The molecule has 1 fully saturated rings. The summed E-state index contributed by atoms with van der Waals surface area (Å²) in [5.41, 5.74) is 1.99. The van der Waals surface area contributed by atoms with Crippen molar-refractivity contribution in [2.24, 2.45) is 0 Å². The van der Waals surface area contributed by atoms with Gasteiger partial charge in [0.15, 0.2) is 5.82 Å². The molecule has 172 valence electrons. The van der Waals surface area contributed by atoms with Crippen LogP contribution in [0.15, 0.2) is 66.0 Å². The molecule has 0 unspecified atom stereocenters. The molecule has 3 aromatic rings. The topological polar surface area (TPSA) is 70.6 Å². The molecule has 1 amide bonds. The normalized spacial score (nSPS) is 13.6. The Morgan fingerprint density at radius 1 is 1.03 bits per heavy atom. The zero-order valence-electron chi connectivity index (χ0n) is 18.4. The van der Waals surface area contributed by atoms with Crippen molar-refractivity contribution in [2.75, 3.05) is 48.8 Å². The van der Waals surface area contributed by atoms with E-state index in [4.69, 9.17) is 16.3 Å². The minimum absolute atomic E-state index is 0.0717. The molecule has 2 heterocycles. The number of carbonyl (C=O) groups excluding carboxylic acids is 1. The van der Waals surface area contributed by atoms with Crippen LogP contribution in [-0.4, -0.2) is 54.9 Å². The van der Waals surface area contributed by atoms with Crippen LogP contribution in [0.2, 0.25) is 5.02 Å². The Kier molecular flexibility index (Phi) is 7.91. The molecule has 0 atom stereocenters. The Hall–Kier alpha value is -2.97. The number of halogens is 1. The van der Waals surface area contributed by atoms with Crippen molar-refractivity contribution < 1.29 is 9.53 Å². The van der Waals surface area contributed by atoms with E-state index in [2.05, 4.69) is 31.2 Å². The summed E-state index contributed by atoms with van der Waals surface area (Å²) in [5, 5.41) is 4.33. The lowest BCUT2D eigenvalue weighted by Gasteiger charge is -2.37. The average molecular weight is 484 g/mol. The summed E-state index contributed by atoms with van der Waals surface area (Å²) in [4.78, 5) is 26.0. The van der Waals surface area contributed by atoms with Gasteiger partial charge in [-0.05, 0) is 23.8 Å². The first-order chi connectivity index (χ1) is 16.2. The molecule has 1 N–H and O–H groups in total. The summed E-state index contributed by atoms with van der Waals surface area (Å²) in [6, 6.07) is 15.6. The lowest BCUT2D eigenvalue weighted by atomic mass is 10.2. The van der Waals surface area contributed by atoms with Gasteiger partial charge in [0.05, 0.1) is 18.6 Å². The first-order valence-corrected chi connectivity index (χ1v) is 12.1. The van der Waals surface area contributed by atoms with Crippen LogP contribution < -0.4 is 19.9 Å². The molecular weight excluding hydrogens is 458 g/mol. The molecule has 9 heteroatoms. The Morgan fingerprint density at radius 3 is 2.52 bits per heavy atom. The van der Waals surface area contributed by atoms with Gasteiger partial charge in [-0.3, -0.25) is 4.79 Å². The number of hydrogen-bond acceptors (Lipinski definition) is 7. The zero-order valence-corrected chi connectivity index (χ0v) is 20.0. The number of nitrogens with one attached hydrogen (secondary N) is 1. The van der Waals surface area contributed by atoms with E-state index in [-0.39, 0.29) is 11.7 Å². The van der Waals surface area contributed by atoms with Crippen LogP contribution >= 0.6 is 23.4 Å². The molecular formula is C24H26ClN5O2S. The van der Waals surface area contributed by atoms with Crippen molar-refractivity contribution in [3.8, 4) is 5.75 Å². The second-order valence-electron chi connectivity index (χ2n) is 7.49. The van der Waals surface area contributed by atoms with Crippen molar-refractivity contribution in [1.29, 1.82) is 0 Å². The van der Waals surface area contributed by atoms with Gasteiger partial charge in [0.25, 0.3) is 0 Å². The summed E-state index contributed by atoms with van der Waals surface area (Å²) in [6.07, 6.45) is 3.36. The minimum atomic E-state index is -0.0717. The van der Waals surface area contributed by atoms with Crippen molar-refractivity contribution >= 4 is 40.8 Å². The number of carbonyl (C=O) groups is 1. The summed E-state index contributed by atoms with van der Waals surface area (Å²) >= 11 is 7.56. The summed E-state index contributed by atoms with van der Waals surface area (Å²) in [5.74, 6) is 1.89. The fourth-order valence-corrected chi connectivity index (χ4v) is 4.73. The summed E-state index contributed by atoms with van der Waals surface area (Å²) in [7, 11) is 1.70. The van der Waals surface area contributed by atoms with Gasteiger partial charge >= 0.3 is 0 Å². The van der Waals surface area contributed by atoms with Crippen LogP contribution in [0.5, 0.6) is 5.75 Å². The van der Waals surface area contributed by atoms with Crippen molar-refractivity contribution in [3.63, 3.8) is 0 Å². The van der Waals surface area contributed by atoms with Gasteiger partial charge in [-0.25, -0.2) is 9.97 Å². The largest absolute Gasteiger partial charge is 0.495 e. The highest BCUT2D eigenvalue weighted by atomic mass is 35.5. The molecule has 1 aliphatic rings. The van der Waals surface area contributed by atoms with Crippen LogP contribution in [0.4, 0.5) is 11.5 Å². The van der Waals surface area contributed by atoms with Crippen molar-refractivity contribution in [1.82, 2.24) is 15.3 Å². The van der Waals surface area contributed by atoms with E-state index in [0.717, 1.165) is 54.0 Å². The predicted molar refractivity (Wildman–Crippen MR) is 133 cm³/mol. The predicted octanol–water partition coefficient (Wildman–Crippen LogP) is 3.87. The van der Waals surface area contributed by atoms with Gasteiger partial charge < -0.3 is 19.9 Å². The number of hydrogen-bond donors (Lipinski definition) is 1. The number of benzene rings is 2. The fraction of sp³-hybridized carbons (Fsp3) is 0.292. The van der Waals surface area contributed by atoms with Crippen LogP contribution in [0.3, 0.4) is 0 Å². The van der Waals surface area contributed by atoms with E-state index in [0.29, 0.717) is 11.6 Å². The van der Waals surface area contributed by atoms with E-state index >= 15 is 0 Å².